The summed E-state index contributed by atoms with van der Waals surface area (Å²) in [6, 6.07) is 14.7. The molecule has 25 heavy (non-hydrogen) atoms. The van der Waals surface area contributed by atoms with E-state index in [0.29, 0.717) is 12.1 Å². The van der Waals surface area contributed by atoms with Crippen LogP contribution >= 0.6 is 0 Å². The third-order valence-electron chi connectivity index (χ3n) is 4.45. The number of carbonyl (C=O) groups excluding carboxylic acids is 1. The Kier molecular flexibility index (Phi) is 5.40. The topological polar surface area (TPSA) is 75.5 Å². The molecule has 1 amide bonds. The number of nitro benzene ring substituents is 1. The van der Waals surface area contributed by atoms with Gasteiger partial charge in [-0.25, -0.2) is 0 Å². The molecule has 1 aliphatic rings. The minimum atomic E-state index is -0.449. The summed E-state index contributed by atoms with van der Waals surface area (Å²) in [6.45, 7) is 3.29. The van der Waals surface area contributed by atoms with Crippen molar-refractivity contribution < 1.29 is 9.72 Å². The number of nitro groups is 1. The molecule has 0 aromatic heterocycles. The van der Waals surface area contributed by atoms with Gasteiger partial charge in [0.2, 0.25) is 5.91 Å². The molecule has 0 atom stereocenters. The molecule has 6 nitrogen and oxygen atoms in total. The maximum absolute atomic E-state index is 12.0. The number of non-ortho nitro benzene ring substituents is 1. The smallest absolute Gasteiger partial charge is 0.269 e. The molecule has 0 spiro atoms. The average molecular weight is 339 g/mol. The van der Waals surface area contributed by atoms with Gasteiger partial charge in [0, 0.05) is 38.3 Å². The summed E-state index contributed by atoms with van der Waals surface area (Å²) in [5.74, 6) is -0.113. The Bertz CT molecular complexity index is 776. The van der Waals surface area contributed by atoms with Crippen molar-refractivity contribution >= 4 is 11.6 Å². The average Bonchev–Trinajstić information content (AvgIpc) is 2.62. The van der Waals surface area contributed by atoms with Crippen molar-refractivity contribution in [1.29, 1.82) is 0 Å². The molecule has 0 unspecified atom stereocenters. The first-order valence-electron chi connectivity index (χ1n) is 8.41. The van der Waals surface area contributed by atoms with E-state index >= 15 is 0 Å². The van der Waals surface area contributed by atoms with Gasteiger partial charge in [0.25, 0.3) is 5.69 Å². The molecule has 130 valence electrons. The van der Waals surface area contributed by atoms with Crippen LogP contribution in [0.2, 0.25) is 0 Å². The van der Waals surface area contributed by atoms with E-state index in [1.165, 1.54) is 23.3 Å². The number of hydrogen-bond acceptors (Lipinski definition) is 4. The third kappa shape index (κ3) is 4.64. The number of amides is 1. The molecule has 0 radical (unpaired) electrons. The lowest BCUT2D eigenvalue weighted by Gasteiger charge is -2.28. The Hall–Kier alpha value is -2.73. The lowest BCUT2D eigenvalue weighted by molar-refractivity contribution is -0.384. The number of rotatable bonds is 6. The molecule has 0 fully saturated rings. The van der Waals surface area contributed by atoms with Gasteiger partial charge in [0.05, 0.1) is 11.3 Å². The highest BCUT2D eigenvalue weighted by Gasteiger charge is 2.15. The van der Waals surface area contributed by atoms with Gasteiger partial charge in [-0.15, -0.1) is 0 Å². The van der Waals surface area contributed by atoms with Crippen LogP contribution in [0.4, 0.5) is 5.69 Å². The Morgan fingerprint density at radius 1 is 1.16 bits per heavy atom. The predicted molar refractivity (Wildman–Crippen MR) is 95.2 cm³/mol. The van der Waals surface area contributed by atoms with Crippen LogP contribution in [0.25, 0.3) is 0 Å². The van der Waals surface area contributed by atoms with Crippen LogP contribution in [-0.4, -0.2) is 35.4 Å². The molecule has 0 aliphatic carbocycles. The first-order valence-corrected chi connectivity index (χ1v) is 8.41. The zero-order valence-electron chi connectivity index (χ0n) is 14.0. The van der Waals surface area contributed by atoms with Crippen LogP contribution in [0.5, 0.6) is 0 Å². The van der Waals surface area contributed by atoms with Crippen molar-refractivity contribution in [2.75, 3.05) is 19.6 Å². The Morgan fingerprint density at radius 3 is 2.76 bits per heavy atom. The largest absolute Gasteiger partial charge is 0.355 e. The SMILES string of the molecule is O=C(Cc1cccc([N+](=O)[O-])c1)NCCN1CCc2ccccc2C1. The normalized spacial score (nSPS) is 13.9. The second-order valence-electron chi connectivity index (χ2n) is 6.25. The molecule has 2 aromatic carbocycles. The standard InChI is InChI=1S/C19H21N3O3/c23-19(13-15-4-3-7-18(12-15)22(24)25)20-9-11-21-10-8-16-5-1-2-6-17(16)14-21/h1-7,12H,8-11,13-14H2,(H,20,23). The Labute approximate surface area is 146 Å². The quantitative estimate of drug-likeness (QED) is 0.647. The van der Waals surface area contributed by atoms with Crippen molar-refractivity contribution in [3.8, 4) is 0 Å². The lowest BCUT2D eigenvalue weighted by atomic mass is 10.00. The number of carbonyl (C=O) groups is 1. The summed E-state index contributed by atoms with van der Waals surface area (Å²) < 4.78 is 0. The second-order valence-corrected chi connectivity index (χ2v) is 6.25. The van der Waals surface area contributed by atoms with Crippen molar-refractivity contribution in [3.63, 3.8) is 0 Å². The number of nitrogens with one attached hydrogen (secondary N) is 1. The number of benzene rings is 2. The van der Waals surface area contributed by atoms with E-state index in [4.69, 9.17) is 0 Å². The van der Waals surface area contributed by atoms with Crippen molar-refractivity contribution in [3.05, 3.63) is 75.3 Å². The monoisotopic (exact) mass is 339 g/mol. The zero-order chi connectivity index (χ0) is 17.6. The highest BCUT2D eigenvalue weighted by molar-refractivity contribution is 5.78. The van der Waals surface area contributed by atoms with Crippen molar-refractivity contribution in [1.82, 2.24) is 10.2 Å². The van der Waals surface area contributed by atoms with Gasteiger partial charge >= 0.3 is 0 Å². The maximum atomic E-state index is 12.0. The first kappa shape index (κ1) is 17.1. The molecule has 1 heterocycles. The molecular formula is C19H21N3O3. The zero-order valence-corrected chi connectivity index (χ0v) is 14.0. The van der Waals surface area contributed by atoms with E-state index in [1.807, 2.05) is 0 Å². The molecule has 3 rings (SSSR count). The number of fused-ring (bicyclic) bond motifs is 1. The Balaban J connectivity index is 1.44. The summed E-state index contributed by atoms with van der Waals surface area (Å²) in [5, 5.41) is 13.7. The first-order chi connectivity index (χ1) is 12.1. The summed E-state index contributed by atoms with van der Waals surface area (Å²) in [4.78, 5) is 24.7. The summed E-state index contributed by atoms with van der Waals surface area (Å²) >= 11 is 0. The molecule has 1 N–H and O–H groups in total. The summed E-state index contributed by atoms with van der Waals surface area (Å²) in [6.07, 6.45) is 1.20. The number of nitrogens with zero attached hydrogens (tertiary/aromatic N) is 2. The van der Waals surface area contributed by atoms with Crippen LogP contribution in [0, 0.1) is 10.1 Å². The summed E-state index contributed by atoms with van der Waals surface area (Å²) in [5.41, 5.74) is 3.43. The van der Waals surface area contributed by atoms with E-state index in [1.54, 1.807) is 12.1 Å². The van der Waals surface area contributed by atoms with Crippen LogP contribution < -0.4 is 5.32 Å². The molecule has 6 heteroatoms. The van der Waals surface area contributed by atoms with E-state index in [-0.39, 0.29) is 18.0 Å². The molecular weight excluding hydrogens is 318 g/mol. The van der Waals surface area contributed by atoms with Gasteiger partial charge in [0.1, 0.15) is 0 Å². The highest BCUT2D eigenvalue weighted by atomic mass is 16.6. The molecule has 2 aromatic rings. The molecule has 0 saturated heterocycles. The van der Waals surface area contributed by atoms with Gasteiger partial charge in [-0.3, -0.25) is 19.8 Å². The second kappa shape index (κ2) is 7.90. The van der Waals surface area contributed by atoms with Gasteiger partial charge < -0.3 is 5.32 Å². The molecule has 0 saturated carbocycles. The molecule has 1 aliphatic heterocycles. The molecule has 0 bridgehead atoms. The highest BCUT2D eigenvalue weighted by Crippen LogP contribution is 2.17. The van der Waals surface area contributed by atoms with E-state index in [0.717, 1.165) is 26.1 Å². The predicted octanol–water partition coefficient (Wildman–Crippen LogP) is 2.31. The minimum Gasteiger partial charge on any atom is -0.355 e. The lowest BCUT2D eigenvalue weighted by Crippen LogP contribution is -2.38. The van der Waals surface area contributed by atoms with Gasteiger partial charge in [-0.05, 0) is 23.1 Å². The third-order valence-corrected chi connectivity index (χ3v) is 4.45. The van der Waals surface area contributed by atoms with Crippen LogP contribution in [0.3, 0.4) is 0 Å². The van der Waals surface area contributed by atoms with E-state index in [2.05, 4.69) is 34.5 Å². The maximum Gasteiger partial charge on any atom is 0.269 e. The minimum absolute atomic E-state index is 0.0114. The van der Waals surface area contributed by atoms with Gasteiger partial charge in [-0.1, -0.05) is 36.4 Å². The Morgan fingerprint density at radius 2 is 1.96 bits per heavy atom. The fraction of sp³-hybridized carbons (Fsp3) is 0.316. The van der Waals surface area contributed by atoms with Gasteiger partial charge in [-0.2, -0.15) is 0 Å². The van der Waals surface area contributed by atoms with E-state index < -0.39 is 4.92 Å². The van der Waals surface area contributed by atoms with Crippen molar-refractivity contribution in [2.45, 2.75) is 19.4 Å². The van der Waals surface area contributed by atoms with Crippen LogP contribution in [0.1, 0.15) is 16.7 Å². The fourth-order valence-electron chi connectivity index (χ4n) is 3.13. The van der Waals surface area contributed by atoms with E-state index in [9.17, 15) is 14.9 Å². The van der Waals surface area contributed by atoms with Crippen LogP contribution in [-0.2, 0) is 24.2 Å². The van der Waals surface area contributed by atoms with Crippen LogP contribution in [0.15, 0.2) is 48.5 Å². The van der Waals surface area contributed by atoms with Crippen molar-refractivity contribution in [2.24, 2.45) is 0 Å². The summed E-state index contributed by atoms with van der Waals surface area (Å²) in [7, 11) is 0. The number of hydrogen-bond donors (Lipinski definition) is 1. The van der Waals surface area contributed by atoms with Gasteiger partial charge in [0.15, 0.2) is 0 Å². The fourth-order valence-corrected chi connectivity index (χ4v) is 3.13.